The van der Waals surface area contributed by atoms with Gasteiger partial charge < -0.3 is 4.52 Å². The van der Waals surface area contributed by atoms with Crippen LogP contribution in [0.2, 0.25) is 0 Å². The summed E-state index contributed by atoms with van der Waals surface area (Å²) in [5.41, 5.74) is 2.29. The standard InChI is InChI=1S/C11H10N2O2/c1-8-3-2-4-9(5-8)6-10-12-11(7-14)15-13-10/h2-5,7H,6H2,1H3. The SMILES string of the molecule is Cc1cccc(Cc2noc(C=O)n2)c1. The number of carbonyl (C=O) groups excluding carboxylic acids is 1. The second kappa shape index (κ2) is 4.04. The molecule has 2 rings (SSSR count). The normalized spacial score (nSPS) is 10.2. The molecule has 4 heteroatoms. The van der Waals surface area contributed by atoms with E-state index in [1.807, 2.05) is 25.1 Å². The van der Waals surface area contributed by atoms with Gasteiger partial charge in [-0.1, -0.05) is 35.0 Å². The number of aryl methyl sites for hydroxylation is 1. The number of nitrogens with zero attached hydrogens (tertiary/aromatic N) is 2. The van der Waals surface area contributed by atoms with Crippen LogP contribution in [-0.4, -0.2) is 16.4 Å². The Bertz CT molecular complexity index is 477. The smallest absolute Gasteiger partial charge is 0.290 e. The lowest BCUT2D eigenvalue weighted by molar-refractivity contribution is 0.108. The van der Waals surface area contributed by atoms with Crippen LogP contribution < -0.4 is 0 Å². The van der Waals surface area contributed by atoms with Gasteiger partial charge in [0.05, 0.1) is 0 Å². The molecule has 0 saturated heterocycles. The van der Waals surface area contributed by atoms with E-state index in [1.165, 1.54) is 5.56 Å². The van der Waals surface area contributed by atoms with Crippen molar-refractivity contribution in [1.29, 1.82) is 0 Å². The molecule has 2 aromatic rings. The molecule has 0 atom stereocenters. The Morgan fingerprint density at radius 3 is 3.00 bits per heavy atom. The van der Waals surface area contributed by atoms with E-state index in [0.29, 0.717) is 18.5 Å². The van der Waals surface area contributed by atoms with Gasteiger partial charge in [-0.25, -0.2) is 0 Å². The van der Waals surface area contributed by atoms with Gasteiger partial charge in [0.25, 0.3) is 5.89 Å². The molecular formula is C11H10N2O2. The van der Waals surface area contributed by atoms with E-state index in [0.717, 1.165) is 5.56 Å². The maximum absolute atomic E-state index is 10.3. The number of aldehydes is 1. The van der Waals surface area contributed by atoms with Gasteiger partial charge in [-0.05, 0) is 12.5 Å². The van der Waals surface area contributed by atoms with E-state index < -0.39 is 0 Å². The van der Waals surface area contributed by atoms with Crippen molar-refractivity contribution in [3.05, 3.63) is 47.1 Å². The molecule has 15 heavy (non-hydrogen) atoms. The molecule has 1 heterocycles. The molecule has 0 N–H and O–H groups in total. The highest BCUT2D eigenvalue weighted by atomic mass is 16.5. The molecule has 4 nitrogen and oxygen atoms in total. The lowest BCUT2D eigenvalue weighted by Crippen LogP contribution is -1.91. The van der Waals surface area contributed by atoms with Crippen molar-refractivity contribution in [2.24, 2.45) is 0 Å². The van der Waals surface area contributed by atoms with Gasteiger partial charge in [0, 0.05) is 6.42 Å². The predicted octanol–water partition coefficient (Wildman–Crippen LogP) is 1.78. The predicted molar refractivity (Wildman–Crippen MR) is 53.7 cm³/mol. The van der Waals surface area contributed by atoms with Crippen LogP contribution >= 0.6 is 0 Å². The summed E-state index contributed by atoms with van der Waals surface area (Å²) in [5.74, 6) is 0.556. The van der Waals surface area contributed by atoms with E-state index in [1.54, 1.807) is 0 Å². The molecule has 0 aliphatic rings. The Balaban J connectivity index is 2.18. The zero-order valence-electron chi connectivity index (χ0n) is 8.30. The van der Waals surface area contributed by atoms with Crippen molar-refractivity contribution in [3.8, 4) is 0 Å². The number of benzene rings is 1. The first kappa shape index (κ1) is 9.58. The third-order valence-corrected chi connectivity index (χ3v) is 2.03. The highest BCUT2D eigenvalue weighted by molar-refractivity contribution is 5.66. The fourth-order valence-electron chi connectivity index (χ4n) is 1.39. The first-order valence-electron chi connectivity index (χ1n) is 4.61. The average molecular weight is 202 g/mol. The minimum Gasteiger partial charge on any atom is -0.331 e. The fraction of sp³-hybridized carbons (Fsp3) is 0.182. The van der Waals surface area contributed by atoms with Crippen molar-refractivity contribution >= 4 is 6.29 Å². The number of rotatable bonds is 3. The van der Waals surface area contributed by atoms with Gasteiger partial charge >= 0.3 is 0 Å². The van der Waals surface area contributed by atoms with Crippen molar-refractivity contribution < 1.29 is 9.32 Å². The van der Waals surface area contributed by atoms with Crippen LogP contribution in [-0.2, 0) is 6.42 Å². The van der Waals surface area contributed by atoms with Crippen LogP contribution in [0.1, 0.15) is 27.6 Å². The Morgan fingerprint density at radius 1 is 1.47 bits per heavy atom. The summed E-state index contributed by atoms with van der Waals surface area (Å²) in [6, 6.07) is 8.04. The van der Waals surface area contributed by atoms with E-state index in [4.69, 9.17) is 0 Å². The Morgan fingerprint density at radius 2 is 2.33 bits per heavy atom. The van der Waals surface area contributed by atoms with Gasteiger partial charge in [0.2, 0.25) is 6.29 Å². The molecule has 0 fully saturated rings. The number of hydrogen-bond acceptors (Lipinski definition) is 4. The molecule has 1 aromatic heterocycles. The van der Waals surface area contributed by atoms with Gasteiger partial charge in [-0.2, -0.15) is 4.98 Å². The molecule has 0 unspecified atom stereocenters. The Labute approximate surface area is 86.9 Å². The fourth-order valence-corrected chi connectivity index (χ4v) is 1.39. The van der Waals surface area contributed by atoms with E-state index in [-0.39, 0.29) is 5.89 Å². The third kappa shape index (κ3) is 2.28. The maximum Gasteiger partial charge on any atom is 0.290 e. The zero-order chi connectivity index (χ0) is 10.7. The minimum atomic E-state index is 0.0256. The van der Waals surface area contributed by atoms with Crippen molar-refractivity contribution in [3.63, 3.8) is 0 Å². The van der Waals surface area contributed by atoms with Gasteiger partial charge in [0.15, 0.2) is 5.82 Å². The topological polar surface area (TPSA) is 56.0 Å². The first-order chi connectivity index (χ1) is 7.28. The lowest BCUT2D eigenvalue weighted by Gasteiger charge is -1.97. The number of hydrogen-bond donors (Lipinski definition) is 0. The van der Waals surface area contributed by atoms with Crippen LogP contribution in [0.15, 0.2) is 28.8 Å². The summed E-state index contributed by atoms with van der Waals surface area (Å²) in [6.45, 7) is 2.02. The molecule has 0 amide bonds. The van der Waals surface area contributed by atoms with Crippen molar-refractivity contribution in [1.82, 2.24) is 10.1 Å². The summed E-state index contributed by atoms with van der Waals surface area (Å²) in [6.07, 6.45) is 1.13. The van der Waals surface area contributed by atoms with Crippen LogP contribution in [0.4, 0.5) is 0 Å². The molecule has 0 aliphatic heterocycles. The second-order valence-corrected chi connectivity index (χ2v) is 3.33. The van der Waals surface area contributed by atoms with E-state index in [2.05, 4.69) is 20.7 Å². The first-order valence-corrected chi connectivity index (χ1v) is 4.61. The summed E-state index contributed by atoms with van der Waals surface area (Å²) in [7, 11) is 0. The van der Waals surface area contributed by atoms with Gasteiger partial charge in [-0.3, -0.25) is 4.79 Å². The minimum absolute atomic E-state index is 0.0256. The van der Waals surface area contributed by atoms with Crippen LogP contribution in [0.25, 0.3) is 0 Å². The summed E-state index contributed by atoms with van der Waals surface area (Å²) in [4.78, 5) is 14.2. The lowest BCUT2D eigenvalue weighted by atomic mass is 10.1. The molecule has 0 bridgehead atoms. The molecule has 0 spiro atoms. The summed E-state index contributed by atoms with van der Waals surface area (Å²) >= 11 is 0. The summed E-state index contributed by atoms with van der Waals surface area (Å²) in [5, 5.41) is 3.69. The monoisotopic (exact) mass is 202 g/mol. The Hall–Kier alpha value is -1.97. The van der Waals surface area contributed by atoms with Crippen molar-refractivity contribution in [2.45, 2.75) is 13.3 Å². The summed E-state index contributed by atoms with van der Waals surface area (Å²) < 4.78 is 4.69. The largest absolute Gasteiger partial charge is 0.331 e. The molecule has 0 saturated carbocycles. The zero-order valence-corrected chi connectivity index (χ0v) is 8.30. The molecular weight excluding hydrogens is 192 g/mol. The van der Waals surface area contributed by atoms with Gasteiger partial charge in [-0.15, -0.1) is 0 Å². The molecule has 0 radical (unpaired) electrons. The Kier molecular flexibility index (Phi) is 2.58. The van der Waals surface area contributed by atoms with Crippen LogP contribution in [0.3, 0.4) is 0 Å². The number of aromatic nitrogens is 2. The quantitative estimate of drug-likeness (QED) is 0.712. The van der Waals surface area contributed by atoms with E-state index >= 15 is 0 Å². The van der Waals surface area contributed by atoms with Gasteiger partial charge in [0.1, 0.15) is 0 Å². The number of carbonyl (C=O) groups is 1. The average Bonchev–Trinajstić information content (AvgIpc) is 2.65. The maximum atomic E-state index is 10.3. The third-order valence-electron chi connectivity index (χ3n) is 2.03. The van der Waals surface area contributed by atoms with Crippen LogP contribution in [0, 0.1) is 6.92 Å². The van der Waals surface area contributed by atoms with Crippen LogP contribution in [0.5, 0.6) is 0 Å². The molecule has 0 aliphatic carbocycles. The van der Waals surface area contributed by atoms with Crippen molar-refractivity contribution in [2.75, 3.05) is 0 Å². The molecule has 1 aromatic carbocycles. The molecule has 76 valence electrons. The second-order valence-electron chi connectivity index (χ2n) is 3.33. The highest BCUT2D eigenvalue weighted by Crippen LogP contribution is 2.08. The van der Waals surface area contributed by atoms with E-state index in [9.17, 15) is 4.79 Å². The highest BCUT2D eigenvalue weighted by Gasteiger charge is 2.05.